The van der Waals surface area contributed by atoms with Crippen LogP contribution in [0.5, 0.6) is 0 Å². The van der Waals surface area contributed by atoms with Crippen molar-refractivity contribution in [3.63, 3.8) is 0 Å². The molecule has 0 saturated carbocycles. The fourth-order valence-electron chi connectivity index (χ4n) is 1.82. The molecule has 0 aromatic rings. The number of thioether (sulfide) groups is 1. The minimum atomic E-state index is -4.57. The third kappa shape index (κ3) is 2.81. The molecule has 1 aliphatic rings. The van der Waals surface area contributed by atoms with Gasteiger partial charge in [-0.1, -0.05) is 0 Å². The first kappa shape index (κ1) is 13.6. The lowest BCUT2D eigenvalue weighted by Crippen LogP contribution is -2.48. The average Bonchev–Trinajstić information content (AvgIpc) is 2.18. The van der Waals surface area contributed by atoms with E-state index in [9.17, 15) is 22.4 Å². The van der Waals surface area contributed by atoms with Gasteiger partial charge in [0.1, 0.15) is 11.6 Å². The molecule has 94 valence electrons. The second kappa shape index (κ2) is 4.81. The van der Waals surface area contributed by atoms with E-state index in [1.165, 1.54) is 11.8 Å². The van der Waals surface area contributed by atoms with Crippen molar-refractivity contribution in [3.8, 4) is 0 Å². The summed E-state index contributed by atoms with van der Waals surface area (Å²) in [5, 5.41) is 0. The Morgan fingerprint density at radius 2 is 2.19 bits per heavy atom. The van der Waals surface area contributed by atoms with Gasteiger partial charge >= 0.3 is 12.1 Å². The highest BCUT2D eigenvalue weighted by Gasteiger charge is 2.55. The maximum atomic E-state index is 13.6. The summed E-state index contributed by atoms with van der Waals surface area (Å²) >= 11 is 1.21. The van der Waals surface area contributed by atoms with E-state index < -0.39 is 30.2 Å². The topological polar surface area (TPSA) is 26.3 Å². The van der Waals surface area contributed by atoms with E-state index in [4.69, 9.17) is 0 Å². The normalized spacial score (nSPS) is 31.2. The van der Waals surface area contributed by atoms with Gasteiger partial charge in [0.05, 0.1) is 13.5 Å². The second-order valence-electron chi connectivity index (χ2n) is 3.73. The number of halogens is 4. The summed E-state index contributed by atoms with van der Waals surface area (Å²) in [7, 11) is 0.981. The van der Waals surface area contributed by atoms with Gasteiger partial charge < -0.3 is 4.74 Å². The Morgan fingerprint density at radius 1 is 1.56 bits per heavy atom. The quantitative estimate of drug-likeness (QED) is 0.564. The zero-order chi connectivity index (χ0) is 12.4. The van der Waals surface area contributed by atoms with Crippen molar-refractivity contribution in [2.24, 2.45) is 5.41 Å². The minimum absolute atomic E-state index is 0.0921. The van der Waals surface area contributed by atoms with Crippen molar-refractivity contribution in [2.75, 3.05) is 18.6 Å². The molecule has 2 unspecified atom stereocenters. The minimum Gasteiger partial charge on any atom is -0.469 e. The predicted molar refractivity (Wildman–Crippen MR) is 52.0 cm³/mol. The largest absolute Gasteiger partial charge is 0.469 e. The van der Waals surface area contributed by atoms with E-state index in [2.05, 4.69) is 4.74 Å². The Morgan fingerprint density at radius 3 is 2.62 bits per heavy atom. The summed E-state index contributed by atoms with van der Waals surface area (Å²) in [5.74, 6) is -0.853. The standard InChI is InChI=1S/C9H12F4O2S/c1-15-7(14)8(5-9(11,12)13)2-3-16-4-6(8)10/h6H,2-5H2,1H3. The molecule has 0 amide bonds. The van der Waals surface area contributed by atoms with E-state index in [1.54, 1.807) is 0 Å². The molecule has 0 N–H and O–H groups in total. The van der Waals surface area contributed by atoms with Crippen LogP contribution in [-0.4, -0.2) is 36.9 Å². The van der Waals surface area contributed by atoms with Gasteiger partial charge in [-0.3, -0.25) is 4.79 Å². The molecule has 1 heterocycles. The van der Waals surface area contributed by atoms with Crippen molar-refractivity contribution in [2.45, 2.75) is 25.2 Å². The van der Waals surface area contributed by atoms with E-state index in [1.807, 2.05) is 0 Å². The number of carbonyl (C=O) groups is 1. The lowest BCUT2D eigenvalue weighted by atomic mass is 9.77. The van der Waals surface area contributed by atoms with Crippen molar-refractivity contribution in [1.29, 1.82) is 0 Å². The fourth-order valence-corrected chi connectivity index (χ4v) is 3.02. The molecule has 1 saturated heterocycles. The summed E-state index contributed by atoms with van der Waals surface area (Å²) in [4.78, 5) is 11.4. The Balaban J connectivity index is 2.95. The highest BCUT2D eigenvalue weighted by molar-refractivity contribution is 7.99. The predicted octanol–water partition coefficient (Wildman–Crippen LogP) is 2.57. The number of hydrogen-bond acceptors (Lipinski definition) is 3. The molecule has 0 spiro atoms. The molecule has 1 aliphatic heterocycles. The molecule has 0 radical (unpaired) electrons. The second-order valence-corrected chi connectivity index (χ2v) is 4.88. The zero-order valence-corrected chi connectivity index (χ0v) is 9.46. The molecular formula is C9H12F4O2S. The van der Waals surface area contributed by atoms with E-state index >= 15 is 0 Å². The molecule has 16 heavy (non-hydrogen) atoms. The number of ether oxygens (including phenoxy) is 1. The van der Waals surface area contributed by atoms with Crippen LogP contribution in [0.3, 0.4) is 0 Å². The van der Waals surface area contributed by atoms with Crippen LogP contribution in [-0.2, 0) is 9.53 Å². The lowest BCUT2D eigenvalue weighted by molar-refractivity contribution is -0.189. The molecule has 0 aromatic heterocycles. The van der Waals surface area contributed by atoms with Crippen LogP contribution < -0.4 is 0 Å². The molecule has 2 atom stereocenters. The summed E-state index contributed by atoms with van der Waals surface area (Å²) in [6.45, 7) is 0. The number of alkyl halides is 4. The van der Waals surface area contributed by atoms with Crippen molar-refractivity contribution >= 4 is 17.7 Å². The first-order valence-electron chi connectivity index (χ1n) is 4.69. The first-order chi connectivity index (χ1) is 7.32. The smallest absolute Gasteiger partial charge is 0.390 e. The number of carbonyl (C=O) groups excluding carboxylic acids is 1. The van der Waals surface area contributed by atoms with Crippen LogP contribution >= 0.6 is 11.8 Å². The van der Waals surface area contributed by atoms with Gasteiger partial charge in [0.15, 0.2) is 0 Å². The van der Waals surface area contributed by atoms with Crippen molar-refractivity contribution in [3.05, 3.63) is 0 Å². The number of methoxy groups -OCH3 is 1. The maximum Gasteiger partial charge on any atom is 0.390 e. The van der Waals surface area contributed by atoms with Crippen LogP contribution in [0, 0.1) is 5.41 Å². The molecule has 2 nitrogen and oxygen atoms in total. The highest BCUT2D eigenvalue weighted by atomic mass is 32.2. The molecular weight excluding hydrogens is 248 g/mol. The van der Waals surface area contributed by atoms with E-state index in [0.29, 0.717) is 5.75 Å². The Bertz CT molecular complexity index is 269. The van der Waals surface area contributed by atoms with Gasteiger partial charge in [-0.2, -0.15) is 24.9 Å². The number of esters is 1. The van der Waals surface area contributed by atoms with Crippen LogP contribution in [0.15, 0.2) is 0 Å². The third-order valence-electron chi connectivity index (χ3n) is 2.66. The van der Waals surface area contributed by atoms with Crippen molar-refractivity contribution in [1.82, 2.24) is 0 Å². The average molecular weight is 260 g/mol. The van der Waals surface area contributed by atoms with E-state index in [-0.39, 0.29) is 12.2 Å². The van der Waals surface area contributed by atoms with Gasteiger partial charge in [0, 0.05) is 5.75 Å². The summed E-state index contributed by atoms with van der Waals surface area (Å²) < 4.78 is 55.1. The highest BCUT2D eigenvalue weighted by Crippen LogP contribution is 2.45. The van der Waals surface area contributed by atoms with Crippen LogP contribution in [0.4, 0.5) is 17.6 Å². The molecule has 1 fully saturated rings. The SMILES string of the molecule is COC(=O)C1(CC(F)(F)F)CCSCC1F. The van der Waals surface area contributed by atoms with Gasteiger partial charge in [0.25, 0.3) is 0 Å². The van der Waals surface area contributed by atoms with Crippen LogP contribution in [0.1, 0.15) is 12.8 Å². The first-order valence-corrected chi connectivity index (χ1v) is 5.84. The van der Waals surface area contributed by atoms with E-state index in [0.717, 1.165) is 7.11 Å². The van der Waals surface area contributed by atoms with Gasteiger partial charge in [0.2, 0.25) is 0 Å². The Labute approximate surface area is 94.7 Å². The zero-order valence-electron chi connectivity index (χ0n) is 8.64. The summed E-state index contributed by atoms with van der Waals surface area (Å²) in [5.41, 5.74) is -2.04. The van der Waals surface area contributed by atoms with Crippen LogP contribution in [0.2, 0.25) is 0 Å². The number of rotatable bonds is 2. The third-order valence-corrected chi connectivity index (χ3v) is 3.69. The van der Waals surface area contributed by atoms with Gasteiger partial charge in [-0.25, -0.2) is 4.39 Å². The monoisotopic (exact) mass is 260 g/mol. The molecule has 1 rings (SSSR count). The molecule has 0 aromatic carbocycles. The van der Waals surface area contributed by atoms with Gasteiger partial charge in [-0.05, 0) is 12.2 Å². The maximum absolute atomic E-state index is 13.6. The summed E-state index contributed by atoms with van der Waals surface area (Å²) in [6.07, 6.45) is -7.96. The Kier molecular flexibility index (Phi) is 4.09. The Hall–Kier alpha value is -0.460. The molecule has 0 bridgehead atoms. The number of hydrogen-bond donors (Lipinski definition) is 0. The van der Waals surface area contributed by atoms with Crippen molar-refractivity contribution < 1.29 is 27.1 Å². The fraction of sp³-hybridized carbons (Fsp3) is 0.889. The molecule has 7 heteroatoms. The van der Waals surface area contributed by atoms with Gasteiger partial charge in [-0.15, -0.1) is 0 Å². The lowest BCUT2D eigenvalue weighted by Gasteiger charge is -2.37. The summed E-state index contributed by atoms with van der Waals surface area (Å²) in [6, 6.07) is 0. The molecule has 0 aliphatic carbocycles. The van der Waals surface area contributed by atoms with Crippen LogP contribution in [0.25, 0.3) is 0 Å².